The molecule has 0 spiro atoms. The zero-order valence-corrected chi connectivity index (χ0v) is 15.2. The van der Waals surface area contributed by atoms with Crippen molar-refractivity contribution in [3.63, 3.8) is 0 Å². The number of carbonyl (C=O) groups excluding carboxylic acids is 2. The lowest BCUT2D eigenvalue weighted by molar-refractivity contribution is -0.122. The van der Waals surface area contributed by atoms with Crippen molar-refractivity contribution in [2.45, 2.75) is 46.3 Å². The Morgan fingerprint density at radius 1 is 1.21 bits per heavy atom. The number of anilines is 1. The van der Waals surface area contributed by atoms with Crippen molar-refractivity contribution in [2.24, 2.45) is 5.92 Å². The number of carbonyl (C=O) groups is 2. The molecule has 1 aromatic carbocycles. The third-order valence-corrected chi connectivity index (χ3v) is 3.32. The van der Waals surface area contributed by atoms with Gasteiger partial charge in [0.25, 0.3) is 0 Å². The van der Waals surface area contributed by atoms with Gasteiger partial charge in [-0.1, -0.05) is 19.8 Å². The molecule has 5 heteroatoms. The second-order valence-electron chi connectivity index (χ2n) is 6.99. The molecule has 0 saturated carbocycles. The first kappa shape index (κ1) is 19.6. The highest BCUT2D eigenvalue weighted by Gasteiger charge is 2.32. The smallest absolute Gasteiger partial charge is 0.410 e. The summed E-state index contributed by atoms with van der Waals surface area (Å²) < 4.78 is 5.35. The van der Waals surface area contributed by atoms with Crippen molar-refractivity contribution in [2.75, 3.05) is 12.4 Å². The molecule has 0 aliphatic heterocycles. The van der Waals surface area contributed by atoms with Crippen LogP contribution in [0.3, 0.4) is 0 Å². The summed E-state index contributed by atoms with van der Waals surface area (Å²) >= 11 is 0. The molecule has 0 fully saturated rings. The number of hydrogen-bond donors (Lipinski definition) is 1. The zero-order chi connectivity index (χ0) is 18.5. The van der Waals surface area contributed by atoms with Crippen molar-refractivity contribution in [1.29, 1.82) is 0 Å². The minimum atomic E-state index is -0.646. The summed E-state index contributed by atoms with van der Waals surface area (Å²) in [7, 11) is 1.57. The molecule has 1 atom stereocenters. The predicted octanol–water partition coefficient (Wildman–Crippen LogP) is 3.50. The van der Waals surface area contributed by atoms with Crippen molar-refractivity contribution < 1.29 is 14.3 Å². The lowest BCUT2D eigenvalue weighted by Gasteiger charge is -2.32. The number of hydrogen-bond acceptors (Lipinski definition) is 3. The number of rotatable bonds is 4. The lowest BCUT2D eigenvalue weighted by atomic mass is 10.0. The molecule has 0 heterocycles. The van der Waals surface area contributed by atoms with E-state index in [9.17, 15) is 9.59 Å². The molecular weight excluding hydrogens is 304 g/mol. The fourth-order valence-corrected chi connectivity index (χ4v) is 2.24. The van der Waals surface area contributed by atoms with Gasteiger partial charge in [-0.2, -0.15) is 0 Å². The van der Waals surface area contributed by atoms with E-state index in [-0.39, 0.29) is 11.8 Å². The van der Waals surface area contributed by atoms with Crippen molar-refractivity contribution >= 4 is 17.7 Å². The molecule has 0 aliphatic rings. The van der Waals surface area contributed by atoms with Crippen LogP contribution in [0.15, 0.2) is 24.3 Å². The third-order valence-electron chi connectivity index (χ3n) is 3.32. The molecule has 0 bridgehead atoms. The highest BCUT2D eigenvalue weighted by atomic mass is 16.6. The quantitative estimate of drug-likeness (QED) is 0.860. The van der Waals surface area contributed by atoms with Crippen molar-refractivity contribution in [1.82, 2.24) is 4.90 Å². The number of ether oxygens (including phenoxy) is 1. The Balaban J connectivity index is 2.88. The van der Waals surface area contributed by atoms with Gasteiger partial charge in [-0.15, -0.1) is 6.42 Å². The van der Waals surface area contributed by atoms with Crippen LogP contribution in [0.2, 0.25) is 0 Å². The predicted molar refractivity (Wildman–Crippen MR) is 95.6 cm³/mol. The number of likely N-dealkylation sites (N-methyl/N-ethyl adjacent to an activating group) is 1. The largest absolute Gasteiger partial charge is 0.444 e. The van der Waals surface area contributed by atoms with Crippen LogP contribution in [0.5, 0.6) is 0 Å². The van der Waals surface area contributed by atoms with Gasteiger partial charge in [0, 0.05) is 18.3 Å². The van der Waals surface area contributed by atoms with E-state index >= 15 is 0 Å². The topological polar surface area (TPSA) is 58.6 Å². The molecule has 2 amide bonds. The van der Waals surface area contributed by atoms with Crippen molar-refractivity contribution in [3.05, 3.63) is 29.8 Å². The molecule has 0 saturated heterocycles. The van der Waals surface area contributed by atoms with Gasteiger partial charge >= 0.3 is 6.09 Å². The molecule has 24 heavy (non-hydrogen) atoms. The lowest BCUT2D eigenvalue weighted by Crippen LogP contribution is -2.49. The van der Waals surface area contributed by atoms with Gasteiger partial charge in [0.1, 0.15) is 11.6 Å². The molecule has 0 unspecified atom stereocenters. The molecule has 0 aromatic heterocycles. The standard InChI is InChI=1S/C19H26N2O3/c1-8-14-9-11-15(12-10-14)20-17(22)16(13(2)3)21(7)18(23)24-19(4,5)6/h1,9-13,16H,2-7H3,(H,20,22)/t16-/m0/s1. The van der Waals surface area contributed by atoms with E-state index in [4.69, 9.17) is 11.2 Å². The maximum atomic E-state index is 12.6. The minimum Gasteiger partial charge on any atom is -0.444 e. The van der Waals surface area contributed by atoms with Gasteiger partial charge in [0.2, 0.25) is 5.91 Å². The average Bonchev–Trinajstić information content (AvgIpc) is 2.45. The molecule has 1 aromatic rings. The number of nitrogens with one attached hydrogen (secondary N) is 1. The molecule has 1 N–H and O–H groups in total. The summed E-state index contributed by atoms with van der Waals surface area (Å²) in [6, 6.07) is 6.32. The van der Waals surface area contributed by atoms with Gasteiger partial charge in [0.15, 0.2) is 0 Å². The fourth-order valence-electron chi connectivity index (χ4n) is 2.24. The van der Waals surface area contributed by atoms with Gasteiger partial charge in [-0.05, 0) is 51.0 Å². The summed E-state index contributed by atoms with van der Waals surface area (Å²) in [5, 5.41) is 2.82. The first-order valence-electron chi connectivity index (χ1n) is 7.88. The Kier molecular flexibility index (Phi) is 6.42. The van der Waals surface area contributed by atoms with Crippen LogP contribution in [0.25, 0.3) is 0 Å². The Labute approximate surface area is 144 Å². The Morgan fingerprint density at radius 3 is 2.17 bits per heavy atom. The van der Waals surface area contributed by atoms with Gasteiger partial charge in [0.05, 0.1) is 0 Å². The van der Waals surface area contributed by atoms with Crippen LogP contribution in [-0.2, 0) is 9.53 Å². The second kappa shape index (κ2) is 7.87. The van der Waals surface area contributed by atoms with Gasteiger partial charge < -0.3 is 10.1 Å². The molecular formula is C19H26N2O3. The number of terminal acetylenes is 1. The van der Waals surface area contributed by atoms with E-state index in [2.05, 4.69) is 11.2 Å². The Hall–Kier alpha value is -2.48. The van der Waals surface area contributed by atoms with E-state index in [1.54, 1.807) is 52.1 Å². The third kappa shape index (κ3) is 5.62. The Bertz CT molecular complexity index is 621. The van der Waals surface area contributed by atoms with E-state index in [0.29, 0.717) is 5.69 Å². The van der Waals surface area contributed by atoms with Crippen LogP contribution in [-0.4, -0.2) is 35.6 Å². The minimum absolute atomic E-state index is 0.0764. The van der Waals surface area contributed by atoms with E-state index < -0.39 is 17.7 Å². The number of amides is 2. The fraction of sp³-hybridized carbons (Fsp3) is 0.474. The highest BCUT2D eigenvalue weighted by Crippen LogP contribution is 2.17. The van der Waals surface area contributed by atoms with Gasteiger partial charge in [-0.3, -0.25) is 9.69 Å². The molecule has 1 rings (SSSR count). The monoisotopic (exact) mass is 330 g/mol. The highest BCUT2D eigenvalue weighted by molar-refractivity contribution is 5.96. The van der Waals surface area contributed by atoms with Crippen LogP contribution in [0.4, 0.5) is 10.5 Å². The van der Waals surface area contributed by atoms with Gasteiger partial charge in [-0.25, -0.2) is 4.79 Å². The van der Waals surface area contributed by atoms with E-state index in [1.165, 1.54) is 4.90 Å². The number of nitrogens with zero attached hydrogens (tertiary/aromatic N) is 1. The molecule has 0 radical (unpaired) electrons. The maximum Gasteiger partial charge on any atom is 0.410 e. The maximum absolute atomic E-state index is 12.6. The second-order valence-corrected chi connectivity index (χ2v) is 6.99. The molecule has 0 aliphatic carbocycles. The summed E-state index contributed by atoms with van der Waals surface area (Å²) in [6.07, 6.45) is 4.79. The van der Waals surface area contributed by atoms with E-state index in [1.807, 2.05) is 13.8 Å². The summed E-state index contributed by atoms with van der Waals surface area (Å²) in [6.45, 7) is 9.13. The summed E-state index contributed by atoms with van der Waals surface area (Å²) in [5.74, 6) is 2.17. The first-order valence-corrected chi connectivity index (χ1v) is 7.88. The normalized spacial score (nSPS) is 12.2. The van der Waals surface area contributed by atoms with Crippen LogP contribution in [0, 0.1) is 18.3 Å². The summed E-state index contributed by atoms with van der Waals surface area (Å²) in [4.78, 5) is 26.2. The average molecular weight is 330 g/mol. The SMILES string of the molecule is C#Cc1ccc(NC(=O)[C@H](C(C)C)N(C)C(=O)OC(C)(C)C)cc1. The van der Waals surface area contributed by atoms with Crippen LogP contribution < -0.4 is 5.32 Å². The molecule has 130 valence electrons. The summed E-state index contributed by atoms with van der Waals surface area (Å²) in [5.41, 5.74) is 0.746. The number of benzene rings is 1. The van der Waals surface area contributed by atoms with Crippen LogP contribution in [0.1, 0.15) is 40.2 Å². The van der Waals surface area contributed by atoms with Crippen LogP contribution >= 0.6 is 0 Å². The first-order chi connectivity index (χ1) is 11.0. The molecule has 5 nitrogen and oxygen atoms in total. The van der Waals surface area contributed by atoms with Crippen molar-refractivity contribution in [3.8, 4) is 12.3 Å². The van der Waals surface area contributed by atoms with E-state index in [0.717, 1.165) is 5.56 Å². The Morgan fingerprint density at radius 2 is 1.75 bits per heavy atom. The zero-order valence-electron chi connectivity index (χ0n) is 15.2.